The number of rotatable bonds is 6. The van der Waals surface area contributed by atoms with E-state index in [1.54, 1.807) is 6.33 Å². The largest absolute Gasteiger partial charge is 0.388 e. The molecule has 0 saturated heterocycles. The second-order valence-electron chi connectivity index (χ2n) is 3.66. The number of aliphatic hydroxyl groups is 1. The van der Waals surface area contributed by atoms with Gasteiger partial charge in [0.05, 0.1) is 0 Å². The molecule has 1 unspecified atom stereocenters. The molecule has 0 radical (unpaired) electrons. The first-order valence-corrected chi connectivity index (χ1v) is 5.28. The summed E-state index contributed by atoms with van der Waals surface area (Å²) in [5, 5.41) is 16.6. The Balaban J connectivity index is 2.47. The molecule has 0 spiro atoms. The summed E-state index contributed by atoms with van der Waals surface area (Å²) in [6.45, 7) is 4.30. The molecule has 0 fully saturated rings. The minimum Gasteiger partial charge on any atom is -0.388 e. The maximum atomic E-state index is 9.00. The number of aromatic nitrogens is 3. The van der Waals surface area contributed by atoms with Crippen molar-refractivity contribution in [2.45, 2.75) is 52.2 Å². The summed E-state index contributed by atoms with van der Waals surface area (Å²) in [6.07, 6.45) is 6.55. The fourth-order valence-electron chi connectivity index (χ4n) is 1.58. The van der Waals surface area contributed by atoms with E-state index < -0.39 is 0 Å². The summed E-state index contributed by atoms with van der Waals surface area (Å²) in [6, 6.07) is 0.388. The van der Waals surface area contributed by atoms with Crippen LogP contribution in [0.2, 0.25) is 0 Å². The molecule has 1 aromatic heterocycles. The Morgan fingerprint density at radius 1 is 1.50 bits per heavy atom. The van der Waals surface area contributed by atoms with Gasteiger partial charge in [0.2, 0.25) is 0 Å². The predicted molar refractivity (Wildman–Crippen MR) is 54.8 cm³/mol. The summed E-state index contributed by atoms with van der Waals surface area (Å²) < 4.78 is 1.95. The van der Waals surface area contributed by atoms with Crippen LogP contribution in [0.1, 0.15) is 51.4 Å². The minimum atomic E-state index is -0.0296. The fraction of sp³-hybridized carbons (Fsp3) is 0.800. The Labute approximate surface area is 85.0 Å². The Bertz CT molecular complexity index is 260. The number of hydrogen-bond donors (Lipinski definition) is 1. The van der Waals surface area contributed by atoms with E-state index >= 15 is 0 Å². The van der Waals surface area contributed by atoms with Crippen LogP contribution in [0.5, 0.6) is 0 Å². The van der Waals surface area contributed by atoms with Crippen LogP contribution < -0.4 is 0 Å². The molecule has 0 amide bonds. The van der Waals surface area contributed by atoms with Crippen molar-refractivity contribution in [3.05, 3.63) is 12.2 Å². The molecule has 1 heterocycles. The van der Waals surface area contributed by atoms with Crippen LogP contribution >= 0.6 is 0 Å². The van der Waals surface area contributed by atoms with Gasteiger partial charge in [0.1, 0.15) is 12.9 Å². The highest BCUT2D eigenvalue weighted by molar-refractivity contribution is 4.85. The van der Waals surface area contributed by atoms with Crippen molar-refractivity contribution in [2.75, 3.05) is 0 Å². The second kappa shape index (κ2) is 5.75. The quantitative estimate of drug-likeness (QED) is 0.709. The van der Waals surface area contributed by atoms with Gasteiger partial charge in [-0.1, -0.05) is 26.2 Å². The third kappa shape index (κ3) is 2.80. The van der Waals surface area contributed by atoms with Gasteiger partial charge in [0, 0.05) is 6.04 Å². The smallest absolute Gasteiger partial charge is 0.158 e. The molecule has 1 atom stereocenters. The van der Waals surface area contributed by atoms with Crippen molar-refractivity contribution in [3.63, 3.8) is 0 Å². The molecule has 0 aliphatic carbocycles. The Morgan fingerprint density at radius 3 is 2.93 bits per heavy atom. The number of aliphatic hydroxyl groups excluding tert-OH is 1. The van der Waals surface area contributed by atoms with E-state index in [0.29, 0.717) is 11.9 Å². The highest BCUT2D eigenvalue weighted by Crippen LogP contribution is 2.16. The molecule has 0 aliphatic heterocycles. The van der Waals surface area contributed by atoms with Crippen molar-refractivity contribution >= 4 is 0 Å². The maximum Gasteiger partial charge on any atom is 0.158 e. The highest BCUT2D eigenvalue weighted by Gasteiger charge is 2.09. The van der Waals surface area contributed by atoms with Crippen molar-refractivity contribution < 1.29 is 5.11 Å². The molecule has 4 nitrogen and oxygen atoms in total. The molecule has 1 rings (SSSR count). The SMILES string of the molecule is CCCCCC(C)n1cnnc1CO. The summed E-state index contributed by atoms with van der Waals surface area (Å²) in [5.41, 5.74) is 0. The topological polar surface area (TPSA) is 50.9 Å². The van der Waals surface area contributed by atoms with Gasteiger partial charge in [0.25, 0.3) is 0 Å². The van der Waals surface area contributed by atoms with Crippen molar-refractivity contribution in [2.24, 2.45) is 0 Å². The average molecular weight is 197 g/mol. The van der Waals surface area contributed by atoms with E-state index in [1.807, 2.05) is 4.57 Å². The van der Waals surface area contributed by atoms with Crippen LogP contribution in [-0.2, 0) is 6.61 Å². The zero-order valence-electron chi connectivity index (χ0n) is 8.98. The van der Waals surface area contributed by atoms with Crippen molar-refractivity contribution in [1.82, 2.24) is 14.8 Å². The van der Waals surface area contributed by atoms with Crippen LogP contribution in [-0.4, -0.2) is 19.9 Å². The lowest BCUT2D eigenvalue weighted by molar-refractivity contribution is 0.259. The van der Waals surface area contributed by atoms with Crippen molar-refractivity contribution in [1.29, 1.82) is 0 Å². The molecule has 0 bridgehead atoms. The fourth-order valence-corrected chi connectivity index (χ4v) is 1.58. The predicted octanol–water partition coefficient (Wildman–Crippen LogP) is 1.91. The molecule has 4 heteroatoms. The van der Waals surface area contributed by atoms with Crippen LogP contribution in [0.25, 0.3) is 0 Å². The van der Waals surface area contributed by atoms with E-state index in [0.717, 1.165) is 6.42 Å². The monoisotopic (exact) mass is 197 g/mol. The highest BCUT2D eigenvalue weighted by atomic mass is 16.3. The number of nitrogens with zero attached hydrogens (tertiary/aromatic N) is 3. The van der Waals surface area contributed by atoms with Gasteiger partial charge in [-0.3, -0.25) is 0 Å². The van der Waals surface area contributed by atoms with Gasteiger partial charge in [0.15, 0.2) is 5.82 Å². The van der Waals surface area contributed by atoms with Crippen LogP contribution in [0, 0.1) is 0 Å². The minimum absolute atomic E-state index is 0.0296. The van der Waals surface area contributed by atoms with Crippen molar-refractivity contribution in [3.8, 4) is 0 Å². The zero-order valence-corrected chi connectivity index (χ0v) is 8.98. The molecular weight excluding hydrogens is 178 g/mol. The second-order valence-corrected chi connectivity index (χ2v) is 3.66. The third-order valence-electron chi connectivity index (χ3n) is 2.49. The van der Waals surface area contributed by atoms with Gasteiger partial charge in [-0.05, 0) is 13.3 Å². The van der Waals surface area contributed by atoms with E-state index in [-0.39, 0.29) is 6.61 Å². The zero-order chi connectivity index (χ0) is 10.4. The number of hydrogen-bond acceptors (Lipinski definition) is 3. The Hall–Kier alpha value is -0.900. The van der Waals surface area contributed by atoms with E-state index in [2.05, 4.69) is 24.0 Å². The van der Waals surface area contributed by atoms with E-state index in [4.69, 9.17) is 5.11 Å². The number of unbranched alkanes of at least 4 members (excludes halogenated alkanes) is 2. The first kappa shape index (κ1) is 11.2. The lowest BCUT2D eigenvalue weighted by Gasteiger charge is -2.13. The molecule has 0 saturated carbocycles. The summed E-state index contributed by atoms with van der Waals surface area (Å²) in [4.78, 5) is 0. The lowest BCUT2D eigenvalue weighted by Crippen LogP contribution is -2.08. The molecule has 1 aromatic rings. The van der Waals surface area contributed by atoms with Crippen LogP contribution in [0.4, 0.5) is 0 Å². The van der Waals surface area contributed by atoms with Gasteiger partial charge < -0.3 is 9.67 Å². The van der Waals surface area contributed by atoms with E-state index in [1.165, 1.54) is 19.3 Å². The molecule has 1 N–H and O–H groups in total. The standard InChI is InChI=1S/C10H19N3O/c1-3-4-5-6-9(2)13-8-11-12-10(13)7-14/h8-9,14H,3-7H2,1-2H3. The maximum absolute atomic E-state index is 9.00. The van der Waals surface area contributed by atoms with E-state index in [9.17, 15) is 0 Å². The lowest BCUT2D eigenvalue weighted by atomic mass is 10.1. The third-order valence-corrected chi connectivity index (χ3v) is 2.49. The Morgan fingerprint density at radius 2 is 2.29 bits per heavy atom. The first-order chi connectivity index (χ1) is 6.79. The Kier molecular flexibility index (Phi) is 4.59. The van der Waals surface area contributed by atoms with Gasteiger partial charge in [-0.2, -0.15) is 0 Å². The molecule has 80 valence electrons. The first-order valence-electron chi connectivity index (χ1n) is 5.28. The molecule has 0 aromatic carbocycles. The van der Waals surface area contributed by atoms with Gasteiger partial charge >= 0.3 is 0 Å². The normalized spacial score (nSPS) is 13.1. The van der Waals surface area contributed by atoms with Gasteiger partial charge in [-0.25, -0.2) is 0 Å². The molecule has 14 heavy (non-hydrogen) atoms. The summed E-state index contributed by atoms with van der Waals surface area (Å²) in [5.74, 6) is 0.661. The van der Waals surface area contributed by atoms with Gasteiger partial charge in [-0.15, -0.1) is 10.2 Å². The van der Waals surface area contributed by atoms with Crippen LogP contribution in [0.15, 0.2) is 6.33 Å². The molecule has 0 aliphatic rings. The summed E-state index contributed by atoms with van der Waals surface area (Å²) >= 11 is 0. The summed E-state index contributed by atoms with van der Waals surface area (Å²) in [7, 11) is 0. The molecular formula is C10H19N3O. The van der Waals surface area contributed by atoms with Crippen LogP contribution in [0.3, 0.4) is 0 Å². The average Bonchev–Trinajstić information content (AvgIpc) is 2.65.